The molecule has 0 bridgehead atoms. The summed E-state index contributed by atoms with van der Waals surface area (Å²) < 4.78 is 11.1. The van der Waals surface area contributed by atoms with E-state index in [2.05, 4.69) is 41.7 Å². The average Bonchev–Trinajstić information content (AvgIpc) is 2.68. The number of benzene rings is 3. The molecule has 1 N–H and O–H groups in total. The van der Waals surface area contributed by atoms with Crippen molar-refractivity contribution in [1.29, 1.82) is 0 Å². The number of methoxy groups -OCH3 is 1. The Bertz CT molecular complexity index is 770. The minimum atomic E-state index is 0.673. The first-order valence-corrected chi connectivity index (χ1v) is 8.47. The van der Waals surface area contributed by atoms with E-state index >= 15 is 0 Å². The quantitative estimate of drug-likeness (QED) is 0.634. The van der Waals surface area contributed by atoms with Crippen LogP contribution in [0.25, 0.3) is 0 Å². The van der Waals surface area contributed by atoms with E-state index in [1.807, 2.05) is 42.5 Å². The van der Waals surface area contributed by atoms with Gasteiger partial charge in [0.2, 0.25) is 0 Å². The molecule has 3 heteroatoms. The highest BCUT2D eigenvalue weighted by molar-refractivity contribution is 5.48. The van der Waals surface area contributed by atoms with Crippen LogP contribution in [0.5, 0.6) is 11.5 Å². The summed E-state index contributed by atoms with van der Waals surface area (Å²) in [6.45, 7) is 1.43. The van der Waals surface area contributed by atoms with Crippen LogP contribution in [-0.4, -0.2) is 13.7 Å². The van der Waals surface area contributed by atoms with Gasteiger partial charge in [0.25, 0.3) is 0 Å². The average molecular weight is 333 g/mol. The zero-order valence-electron chi connectivity index (χ0n) is 14.4. The Hall–Kier alpha value is -2.94. The number of hydrogen-bond donors (Lipinski definition) is 1. The summed E-state index contributed by atoms with van der Waals surface area (Å²) in [5, 5.41) is 3.43. The molecule has 128 valence electrons. The molecule has 0 radical (unpaired) electrons. The first-order chi connectivity index (χ1) is 12.3. The lowest BCUT2D eigenvalue weighted by Crippen LogP contribution is -2.03. The second-order valence-corrected chi connectivity index (χ2v) is 5.81. The highest BCUT2D eigenvalue weighted by Gasteiger charge is 1.99. The maximum atomic E-state index is 5.88. The molecule has 3 rings (SSSR count). The maximum Gasteiger partial charge on any atom is 0.121 e. The fourth-order valence-electron chi connectivity index (χ4n) is 2.57. The van der Waals surface area contributed by atoms with E-state index in [0.717, 1.165) is 30.2 Å². The fraction of sp³-hybridized carbons (Fsp3) is 0.182. The Labute approximate surface area is 149 Å². The van der Waals surface area contributed by atoms with Crippen molar-refractivity contribution in [2.24, 2.45) is 0 Å². The van der Waals surface area contributed by atoms with Gasteiger partial charge in [-0.3, -0.25) is 0 Å². The van der Waals surface area contributed by atoms with E-state index in [1.54, 1.807) is 7.11 Å². The van der Waals surface area contributed by atoms with E-state index < -0.39 is 0 Å². The summed E-state index contributed by atoms with van der Waals surface area (Å²) in [6, 6.07) is 26.5. The lowest BCUT2D eigenvalue weighted by molar-refractivity contribution is 0.322. The summed E-state index contributed by atoms with van der Waals surface area (Å²) in [5.41, 5.74) is 3.54. The smallest absolute Gasteiger partial charge is 0.121 e. The second kappa shape index (κ2) is 8.78. The van der Waals surface area contributed by atoms with Crippen molar-refractivity contribution in [1.82, 2.24) is 0 Å². The van der Waals surface area contributed by atoms with Gasteiger partial charge in [0, 0.05) is 24.7 Å². The molecule has 0 aliphatic rings. The third kappa shape index (κ3) is 5.28. The van der Waals surface area contributed by atoms with Gasteiger partial charge in [0.15, 0.2) is 0 Å². The van der Waals surface area contributed by atoms with E-state index in [9.17, 15) is 0 Å². The first-order valence-electron chi connectivity index (χ1n) is 8.47. The summed E-state index contributed by atoms with van der Waals surface area (Å²) in [7, 11) is 1.68. The van der Waals surface area contributed by atoms with E-state index in [1.165, 1.54) is 11.1 Å². The number of nitrogens with one attached hydrogen (secondary N) is 1. The monoisotopic (exact) mass is 333 g/mol. The van der Waals surface area contributed by atoms with Crippen LogP contribution in [0.1, 0.15) is 11.1 Å². The molecule has 3 aromatic rings. The molecule has 0 unspecified atom stereocenters. The zero-order valence-corrected chi connectivity index (χ0v) is 14.4. The topological polar surface area (TPSA) is 30.5 Å². The van der Waals surface area contributed by atoms with Gasteiger partial charge in [-0.25, -0.2) is 0 Å². The van der Waals surface area contributed by atoms with E-state index in [-0.39, 0.29) is 0 Å². The van der Waals surface area contributed by atoms with Gasteiger partial charge >= 0.3 is 0 Å². The summed E-state index contributed by atoms with van der Waals surface area (Å²) >= 11 is 0. The van der Waals surface area contributed by atoms with E-state index in [0.29, 0.717) is 6.61 Å². The normalized spacial score (nSPS) is 10.3. The minimum Gasteiger partial charge on any atom is -0.497 e. The number of anilines is 1. The summed E-state index contributed by atoms with van der Waals surface area (Å²) in [4.78, 5) is 0. The van der Waals surface area contributed by atoms with Crippen molar-refractivity contribution < 1.29 is 9.47 Å². The molecule has 0 amide bonds. The third-order valence-corrected chi connectivity index (χ3v) is 3.99. The van der Waals surface area contributed by atoms with Crippen LogP contribution in [0.3, 0.4) is 0 Å². The first kappa shape index (κ1) is 16.9. The van der Waals surface area contributed by atoms with Crippen LogP contribution < -0.4 is 14.8 Å². The second-order valence-electron chi connectivity index (χ2n) is 5.81. The Balaban J connectivity index is 1.50. The molecule has 0 aliphatic carbocycles. The molecule has 3 nitrogen and oxygen atoms in total. The molecule has 0 aliphatic heterocycles. The highest BCUT2D eigenvalue weighted by atomic mass is 16.5. The predicted octanol–water partition coefficient (Wildman–Crippen LogP) is 4.93. The molecule has 0 saturated carbocycles. The SMILES string of the molecule is COc1ccc(CNc2cccc(OCCc3ccccc3)c2)cc1. The van der Waals surface area contributed by atoms with E-state index in [4.69, 9.17) is 9.47 Å². The Kier molecular flexibility index (Phi) is 5.94. The van der Waals surface area contributed by atoms with Gasteiger partial charge in [-0.2, -0.15) is 0 Å². The van der Waals surface area contributed by atoms with Crippen LogP contribution in [0.2, 0.25) is 0 Å². The summed E-state index contributed by atoms with van der Waals surface area (Å²) in [5.74, 6) is 1.76. The molecule has 25 heavy (non-hydrogen) atoms. The van der Waals surface area contributed by atoms with Gasteiger partial charge < -0.3 is 14.8 Å². The molecule has 0 fully saturated rings. The standard InChI is InChI=1S/C22H23NO2/c1-24-21-12-10-19(11-13-21)17-23-20-8-5-9-22(16-20)25-15-14-18-6-3-2-4-7-18/h2-13,16,23H,14-15,17H2,1H3. The van der Waals surface area contributed by atoms with Crippen molar-refractivity contribution in [2.45, 2.75) is 13.0 Å². The maximum absolute atomic E-state index is 5.88. The van der Waals surface area contributed by atoms with Crippen molar-refractivity contribution in [3.05, 3.63) is 90.0 Å². The van der Waals surface area contributed by atoms with Gasteiger partial charge in [0.1, 0.15) is 11.5 Å². The lowest BCUT2D eigenvalue weighted by atomic mass is 10.2. The zero-order chi connectivity index (χ0) is 17.3. The van der Waals surface area contributed by atoms with Crippen molar-refractivity contribution >= 4 is 5.69 Å². The molecule has 0 heterocycles. The van der Waals surface area contributed by atoms with Crippen molar-refractivity contribution in [3.63, 3.8) is 0 Å². The Morgan fingerprint density at radius 2 is 1.56 bits per heavy atom. The minimum absolute atomic E-state index is 0.673. The van der Waals surface area contributed by atoms with Crippen molar-refractivity contribution in [2.75, 3.05) is 19.0 Å². The highest BCUT2D eigenvalue weighted by Crippen LogP contribution is 2.19. The number of ether oxygens (including phenoxy) is 2. The lowest BCUT2D eigenvalue weighted by Gasteiger charge is -2.10. The fourth-order valence-corrected chi connectivity index (χ4v) is 2.57. The third-order valence-electron chi connectivity index (χ3n) is 3.99. The molecule has 0 aromatic heterocycles. The van der Waals surface area contributed by atoms with Crippen LogP contribution in [-0.2, 0) is 13.0 Å². The van der Waals surface area contributed by atoms with Gasteiger partial charge in [0.05, 0.1) is 13.7 Å². The molecule has 0 saturated heterocycles. The Morgan fingerprint density at radius 3 is 2.32 bits per heavy atom. The molecule has 0 spiro atoms. The largest absolute Gasteiger partial charge is 0.497 e. The number of hydrogen-bond acceptors (Lipinski definition) is 3. The van der Waals surface area contributed by atoms with Crippen molar-refractivity contribution in [3.8, 4) is 11.5 Å². The molecular formula is C22H23NO2. The molecule has 0 atom stereocenters. The van der Waals surface area contributed by atoms with Crippen LogP contribution in [0.4, 0.5) is 5.69 Å². The van der Waals surface area contributed by atoms with Gasteiger partial charge in [-0.1, -0.05) is 48.5 Å². The summed E-state index contributed by atoms with van der Waals surface area (Å²) in [6.07, 6.45) is 0.907. The van der Waals surface area contributed by atoms with Crippen LogP contribution in [0.15, 0.2) is 78.9 Å². The number of rotatable bonds is 8. The molecule has 3 aromatic carbocycles. The van der Waals surface area contributed by atoms with Crippen LogP contribution in [0, 0.1) is 0 Å². The molecular weight excluding hydrogens is 310 g/mol. The Morgan fingerprint density at radius 1 is 0.760 bits per heavy atom. The predicted molar refractivity (Wildman–Crippen MR) is 102 cm³/mol. The van der Waals surface area contributed by atoms with Crippen LogP contribution >= 0.6 is 0 Å². The van der Waals surface area contributed by atoms with Gasteiger partial charge in [-0.15, -0.1) is 0 Å². The van der Waals surface area contributed by atoms with Gasteiger partial charge in [-0.05, 0) is 35.4 Å².